The van der Waals surface area contributed by atoms with E-state index in [1.807, 2.05) is 36.1 Å². The van der Waals surface area contributed by atoms with Crippen LogP contribution in [0.25, 0.3) is 11.5 Å². The zero-order valence-corrected chi connectivity index (χ0v) is 16.9. The Kier molecular flexibility index (Phi) is 6.07. The molecule has 0 bridgehead atoms. The van der Waals surface area contributed by atoms with Crippen molar-refractivity contribution in [2.24, 2.45) is 5.92 Å². The summed E-state index contributed by atoms with van der Waals surface area (Å²) >= 11 is 0. The second kappa shape index (κ2) is 9.07. The molecular formula is C23H24FN3O3. The van der Waals surface area contributed by atoms with Crippen molar-refractivity contribution < 1.29 is 18.4 Å². The van der Waals surface area contributed by atoms with Gasteiger partial charge in [0.25, 0.3) is 11.8 Å². The molecule has 2 aromatic carbocycles. The number of benzene rings is 2. The predicted molar refractivity (Wildman–Crippen MR) is 110 cm³/mol. The lowest BCUT2D eigenvalue weighted by Crippen LogP contribution is -2.29. The number of rotatable bonds is 7. The van der Waals surface area contributed by atoms with Crippen molar-refractivity contribution in [3.05, 3.63) is 65.7 Å². The van der Waals surface area contributed by atoms with Crippen LogP contribution < -0.4 is 4.74 Å². The largest absolute Gasteiger partial charge is 0.493 e. The van der Waals surface area contributed by atoms with Gasteiger partial charge in [0.1, 0.15) is 11.6 Å². The van der Waals surface area contributed by atoms with Crippen LogP contribution in [0.15, 0.2) is 53.1 Å². The van der Waals surface area contributed by atoms with Crippen molar-refractivity contribution >= 4 is 5.91 Å². The van der Waals surface area contributed by atoms with Gasteiger partial charge in [0.15, 0.2) is 5.82 Å². The summed E-state index contributed by atoms with van der Waals surface area (Å²) in [6.45, 7) is 3.88. The van der Waals surface area contributed by atoms with Crippen LogP contribution in [-0.4, -0.2) is 40.6 Å². The molecule has 0 spiro atoms. The van der Waals surface area contributed by atoms with E-state index < -0.39 is 0 Å². The lowest BCUT2D eigenvalue weighted by Gasteiger charge is -2.18. The zero-order chi connectivity index (χ0) is 20.9. The molecule has 30 heavy (non-hydrogen) atoms. The fraction of sp³-hybridized carbons (Fsp3) is 0.348. The van der Waals surface area contributed by atoms with Gasteiger partial charge in [-0.15, -0.1) is 0 Å². The Morgan fingerprint density at radius 1 is 1.23 bits per heavy atom. The molecule has 0 N–H and O–H groups in total. The Balaban J connectivity index is 1.33. The number of likely N-dealkylation sites (tertiary alicyclic amines) is 1. The molecule has 2 heterocycles. The van der Waals surface area contributed by atoms with Gasteiger partial charge >= 0.3 is 0 Å². The van der Waals surface area contributed by atoms with Gasteiger partial charge in [0, 0.05) is 25.1 Å². The maximum Gasteiger partial charge on any atom is 0.257 e. The number of ether oxygens (including phenoxy) is 1. The summed E-state index contributed by atoms with van der Waals surface area (Å²) in [7, 11) is 0. The van der Waals surface area contributed by atoms with Gasteiger partial charge in [-0.25, -0.2) is 4.39 Å². The highest BCUT2D eigenvalue weighted by atomic mass is 19.1. The topological polar surface area (TPSA) is 68.5 Å². The van der Waals surface area contributed by atoms with Gasteiger partial charge in [0.2, 0.25) is 0 Å². The van der Waals surface area contributed by atoms with E-state index in [2.05, 4.69) is 10.1 Å². The molecule has 1 unspecified atom stereocenters. The molecule has 7 heteroatoms. The summed E-state index contributed by atoms with van der Waals surface area (Å²) < 4.78 is 24.0. The summed E-state index contributed by atoms with van der Waals surface area (Å²) in [6, 6.07) is 13.4. The van der Waals surface area contributed by atoms with Crippen molar-refractivity contribution in [1.29, 1.82) is 0 Å². The Bertz CT molecular complexity index is 1000. The molecule has 1 saturated heterocycles. The molecule has 1 fully saturated rings. The SMILES string of the molecule is CCOc1ccccc1C(=O)N1CCC(CCc2noc(-c3ccc(F)cc3)n2)C1. The van der Waals surface area contributed by atoms with Gasteiger partial charge in [-0.2, -0.15) is 4.98 Å². The number of hydrogen-bond acceptors (Lipinski definition) is 5. The van der Waals surface area contributed by atoms with Crippen LogP contribution in [0.3, 0.4) is 0 Å². The molecule has 156 valence electrons. The standard InChI is InChI=1S/C23H24FN3O3/c1-2-29-20-6-4-3-5-19(20)23(28)27-14-13-16(15-27)7-12-21-25-22(30-26-21)17-8-10-18(24)11-9-17/h3-6,8-11,16H,2,7,12-15H2,1H3. The second-order valence-electron chi connectivity index (χ2n) is 7.40. The summed E-state index contributed by atoms with van der Waals surface area (Å²) in [5.74, 6) is 1.75. The monoisotopic (exact) mass is 409 g/mol. The number of para-hydroxylation sites is 1. The van der Waals surface area contributed by atoms with Gasteiger partial charge in [0.05, 0.1) is 12.2 Å². The first-order valence-corrected chi connectivity index (χ1v) is 10.2. The molecule has 6 nitrogen and oxygen atoms in total. The maximum absolute atomic E-state index is 13.1. The maximum atomic E-state index is 13.1. The molecule has 4 rings (SSSR count). The molecule has 1 aliphatic heterocycles. The van der Waals surface area contributed by atoms with E-state index in [1.54, 1.807) is 12.1 Å². The molecule has 0 radical (unpaired) electrons. The summed E-state index contributed by atoms with van der Waals surface area (Å²) in [4.78, 5) is 19.2. The van der Waals surface area contributed by atoms with E-state index in [0.29, 0.717) is 54.1 Å². The Morgan fingerprint density at radius 2 is 2.03 bits per heavy atom. The summed E-state index contributed by atoms with van der Waals surface area (Å²) in [5.41, 5.74) is 1.31. The summed E-state index contributed by atoms with van der Waals surface area (Å²) in [5, 5.41) is 4.03. The molecular weight excluding hydrogens is 385 g/mol. The third kappa shape index (κ3) is 4.50. The van der Waals surface area contributed by atoms with Crippen LogP contribution in [0.1, 0.15) is 35.9 Å². The highest BCUT2D eigenvalue weighted by Crippen LogP contribution is 2.26. The van der Waals surface area contributed by atoms with Crippen molar-refractivity contribution in [3.63, 3.8) is 0 Å². The van der Waals surface area contributed by atoms with Crippen LogP contribution in [-0.2, 0) is 6.42 Å². The molecule has 3 aromatic rings. The lowest BCUT2D eigenvalue weighted by atomic mass is 10.0. The lowest BCUT2D eigenvalue weighted by molar-refractivity contribution is 0.0782. The van der Waals surface area contributed by atoms with Crippen LogP contribution in [0, 0.1) is 11.7 Å². The Hall–Kier alpha value is -3.22. The van der Waals surface area contributed by atoms with E-state index >= 15 is 0 Å². The molecule has 1 aromatic heterocycles. The van der Waals surface area contributed by atoms with Gasteiger partial charge in [-0.1, -0.05) is 17.3 Å². The summed E-state index contributed by atoms with van der Waals surface area (Å²) in [6.07, 6.45) is 2.50. The van der Waals surface area contributed by atoms with Crippen LogP contribution in [0.4, 0.5) is 4.39 Å². The first-order chi connectivity index (χ1) is 14.6. The minimum Gasteiger partial charge on any atom is -0.493 e. The number of nitrogens with zero attached hydrogens (tertiary/aromatic N) is 3. The normalized spacial score (nSPS) is 16.1. The van der Waals surface area contributed by atoms with E-state index in [9.17, 15) is 9.18 Å². The highest BCUT2D eigenvalue weighted by Gasteiger charge is 2.28. The zero-order valence-electron chi connectivity index (χ0n) is 16.9. The Labute approximate surface area is 174 Å². The van der Waals surface area contributed by atoms with Crippen LogP contribution in [0.5, 0.6) is 5.75 Å². The molecule has 1 amide bonds. The number of carbonyl (C=O) groups is 1. The first-order valence-electron chi connectivity index (χ1n) is 10.2. The number of hydrogen-bond donors (Lipinski definition) is 0. The van der Waals surface area contributed by atoms with E-state index in [1.165, 1.54) is 12.1 Å². The van der Waals surface area contributed by atoms with Crippen molar-refractivity contribution in [2.45, 2.75) is 26.2 Å². The molecule has 1 aliphatic rings. The fourth-order valence-electron chi connectivity index (χ4n) is 3.75. The predicted octanol–water partition coefficient (Wildman–Crippen LogP) is 4.37. The van der Waals surface area contributed by atoms with Crippen molar-refractivity contribution in [3.8, 4) is 17.2 Å². The van der Waals surface area contributed by atoms with E-state index in [4.69, 9.17) is 9.26 Å². The van der Waals surface area contributed by atoms with Gasteiger partial charge < -0.3 is 14.2 Å². The minimum absolute atomic E-state index is 0.0136. The fourth-order valence-corrected chi connectivity index (χ4v) is 3.75. The Morgan fingerprint density at radius 3 is 2.83 bits per heavy atom. The van der Waals surface area contributed by atoms with E-state index in [0.717, 1.165) is 19.4 Å². The van der Waals surface area contributed by atoms with Crippen LogP contribution >= 0.6 is 0 Å². The quantitative estimate of drug-likeness (QED) is 0.580. The molecule has 0 saturated carbocycles. The molecule has 1 atom stereocenters. The smallest absolute Gasteiger partial charge is 0.257 e. The third-order valence-corrected chi connectivity index (χ3v) is 5.33. The van der Waals surface area contributed by atoms with Gasteiger partial charge in [-0.3, -0.25) is 4.79 Å². The molecule has 0 aliphatic carbocycles. The number of halogens is 1. The number of aryl methyl sites for hydroxylation is 1. The number of amides is 1. The highest BCUT2D eigenvalue weighted by molar-refractivity contribution is 5.97. The second-order valence-corrected chi connectivity index (χ2v) is 7.40. The van der Waals surface area contributed by atoms with Gasteiger partial charge in [-0.05, 0) is 62.1 Å². The van der Waals surface area contributed by atoms with Crippen molar-refractivity contribution in [1.82, 2.24) is 15.0 Å². The third-order valence-electron chi connectivity index (χ3n) is 5.33. The average molecular weight is 409 g/mol. The number of aromatic nitrogens is 2. The first kappa shape index (κ1) is 20.1. The average Bonchev–Trinajstić information content (AvgIpc) is 3.43. The minimum atomic E-state index is -0.303. The van der Waals surface area contributed by atoms with Crippen molar-refractivity contribution in [2.75, 3.05) is 19.7 Å². The van der Waals surface area contributed by atoms with Crippen LogP contribution in [0.2, 0.25) is 0 Å². The van der Waals surface area contributed by atoms with E-state index in [-0.39, 0.29) is 11.7 Å². The number of carbonyl (C=O) groups excluding carboxylic acids is 1.